The van der Waals surface area contributed by atoms with Crippen LogP contribution in [0.15, 0.2) is 24.8 Å². The van der Waals surface area contributed by atoms with Crippen LogP contribution in [0.1, 0.15) is 33.6 Å². The first-order chi connectivity index (χ1) is 7.65. The van der Waals surface area contributed by atoms with E-state index in [2.05, 4.69) is 52.9 Å². The molecule has 0 bridgehead atoms. The Kier molecular flexibility index (Phi) is 5.94. The third-order valence-electron chi connectivity index (χ3n) is 3.47. The van der Waals surface area contributed by atoms with Crippen molar-refractivity contribution >= 4 is 8.32 Å². The lowest BCUT2D eigenvalue weighted by Crippen LogP contribution is -2.44. The van der Waals surface area contributed by atoms with Crippen LogP contribution in [0.2, 0.25) is 18.1 Å². The van der Waals surface area contributed by atoms with Crippen LogP contribution in [-0.4, -0.2) is 14.4 Å². The van der Waals surface area contributed by atoms with Gasteiger partial charge in [-0.3, -0.25) is 0 Å². The van der Waals surface area contributed by atoms with E-state index in [0.29, 0.717) is 6.42 Å². The Morgan fingerprint density at radius 1 is 1.47 bits per heavy atom. The highest BCUT2D eigenvalue weighted by atomic mass is 28.4. The van der Waals surface area contributed by atoms with Crippen molar-refractivity contribution in [2.45, 2.75) is 57.8 Å². The second-order valence-corrected chi connectivity index (χ2v) is 10.6. The maximum Gasteiger partial charge on any atom is 0.192 e. The summed E-state index contributed by atoms with van der Waals surface area (Å²) < 4.78 is 6.33. The minimum absolute atomic E-state index is 0.0180. The molecule has 0 aromatic heterocycles. The smallest absolute Gasteiger partial charge is 0.192 e. The van der Waals surface area contributed by atoms with Gasteiger partial charge in [-0.15, -0.1) is 12.3 Å². The Hall–Kier alpha value is -0.783. The van der Waals surface area contributed by atoms with Gasteiger partial charge in [0.05, 0.1) is 6.10 Å². The number of rotatable bonds is 6. The molecular weight excluding hydrogens is 224 g/mol. The molecule has 0 rings (SSSR count). The van der Waals surface area contributed by atoms with Gasteiger partial charge >= 0.3 is 0 Å². The summed E-state index contributed by atoms with van der Waals surface area (Å²) in [6, 6.07) is 0. The summed E-state index contributed by atoms with van der Waals surface area (Å²) in [6.45, 7) is 18.9. The molecule has 1 unspecified atom stereocenters. The van der Waals surface area contributed by atoms with Crippen LogP contribution in [0.25, 0.3) is 0 Å². The molecule has 1 atom stereocenters. The molecule has 0 aliphatic carbocycles. The lowest BCUT2D eigenvalue weighted by atomic mass is 10.1. The Balaban J connectivity index is 4.81. The van der Waals surface area contributed by atoms with E-state index in [1.165, 1.54) is 0 Å². The summed E-state index contributed by atoms with van der Waals surface area (Å²) in [4.78, 5) is 0. The van der Waals surface area contributed by atoms with Crippen LogP contribution in [0.4, 0.5) is 0 Å². The fourth-order valence-corrected chi connectivity index (χ4v) is 2.53. The summed E-state index contributed by atoms with van der Waals surface area (Å²) in [5, 5.41) is 0.197. The molecule has 0 aliphatic rings. The molecule has 0 saturated heterocycles. The monoisotopic (exact) mass is 250 g/mol. The topological polar surface area (TPSA) is 9.23 Å². The highest BCUT2D eigenvalue weighted by Crippen LogP contribution is 2.38. The van der Waals surface area contributed by atoms with Gasteiger partial charge in [0.2, 0.25) is 0 Å². The Morgan fingerprint density at radius 3 is 2.35 bits per heavy atom. The number of terminal acetylenes is 1. The molecule has 0 radical (unpaired) electrons. The highest BCUT2D eigenvalue weighted by Gasteiger charge is 2.39. The maximum atomic E-state index is 6.33. The minimum Gasteiger partial charge on any atom is -0.410 e. The first-order valence-electron chi connectivity index (χ1n) is 6.08. The van der Waals surface area contributed by atoms with Crippen molar-refractivity contribution in [3.05, 3.63) is 24.8 Å². The van der Waals surface area contributed by atoms with Gasteiger partial charge in [-0.1, -0.05) is 40.0 Å². The minimum atomic E-state index is -1.77. The van der Waals surface area contributed by atoms with E-state index in [0.717, 1.165) is 12.0 Å². The van der Waals surface area contributed by atoms with Crippen LogP contribution in [0, 0.1) is 12.3 Å². The molecule has 0 aliphatic heterocycles. The third kappa shape index (κ3) is 4.93. The summed E-state index contributed by atoms with van der Waals surface area (Å²) in [6.07, 6.45) is 8.65. The predicted octanol–water partition coefficient (Wildman–Crippen LogP) is 4.53. The standard InChI is InChI=1S/C15H26OSi/c1-9-11-12-14(13(3)10-2)16-17(7,8)15(4,5)6/h1,10,14H,2-3,11-12H2,4-8H3. The van der Waals surface area contributed by atoms with Gasteiger partial charge < -0.3 is 4.43 Å². The van der Waals surface area contributed by atoms with E-state index in [9.17, 15) is 0 Å². The normalized spacial score (nSPS) is 13.9. The van der Waals surface area contributed by atoms with Crippen molar-refractivity contribution in [3.63, 3.8) is 0 Å². The van der Waals surface area contributed by atoms with E-state index in [4.69, 9.17) is 10.8 Å². The van der Waals surface area contributed by atoms with E-state index < -0.39 is 8.32 Å². The largest absolute Gasteiger partial charge is 0.410 e. The van der Waals surface area contributed by atoms with Gasteiger partial charge in [0.25, 0.3) is 0 Å². The first-order valence-corrected chi connectivity index (χ1v) is 8.99. The second-order valence-electron chi connectivity index (χ2n) is 5.89. The fourth-order valence-electron chi connectivity index (χ4n) is 1.20. The van der Waals surface area contributed by atoms with Gasteiger partial charge in [-0.2, -0.15) is 0 Å². The molecule has 0 aromatic carbocycles. The van der Waals surface area contributed by atoms with Crippen LogP contribution >= 0.6 is 0 Å². The zero-order valence-corrected chi connectivity index (χ0v) is 13.0. The van der Waals surface area contributed by atoms with Gasteiger partial charge in [-0.05, 0) is 30.1 Å². The summed E-state index contributed by atoms with van der Waals surface area (Å²) in [7, 11) is -1.77. The molecule has 0 fully saturated rings. The highest BCUT2D eigenvalue weighted by molar-refractivity contribution is 6.74. The molecule has 2 heteroatoms. The van der Waals surface area contributed by atoms with Crippen LogP contribution in [-0.2, 0) is 4.43 Å². The Labute approximate surface area is 108 Å². The molecule has 96 valence electrons. The molecule has 0 saturated carbocycles. The lowest BCUT2D eigenvalue weighted by molar-refractivity contribution is 0.209. The number of hydrogen-bond donors (Lipinski definition) is 0. The molecular formula is C15H26OSi. The molecule has 0 heterocycles. The van der Waals surface area contributed by atoms with Crippen LogP contribution in [0.5, 0.6) is 0 Å². The van der Waals surface area contributed by atoms with Crippen molar-refractivity contribution in [2.24, 2.45) is 0 Å². The zero-order valence-electron chi connectivity index (χ0n) is 12.0. The van der Waals surface area contributed by atoms with Crippen LogP contribution < -0.4 is 0 Å². The molecule has 1 nitrogen and oxygen atoms in total. The van der Waals surface area contributed by atoms with Crippen molar-refractivity contribution in [1.29, 1.82) is 0 Å². The van der Waals surface area contributed by atoms with E-state index in [1.807, 2.05) is 0 Å². The van der Waals surface area contributed by atoms with Gasteiger partial charge in [-0.25, -0.2) is 0 Å². The Morgan fingerprint density at radius 2 is 2.00 bits per heavy atom. The van der Waals surface area contributed by atoms with Crippen molar-refractivity contribution in [3.8, 4) is 12.3 Å². The average Bonchev–Trinajstić information content (AvgIpc) is 2.21. The lowest BCUT2D eigenvalue weighted by Gasteiger charge is -2.39. The van der Waals surface area contributed by atoms with Crippen molar-refractivity contribution in [1.82, 2.24) is 0 Å². The third-order valence-corrected chi connectivity index (χ3v) is 7.96. The quantitative estimate of drug-likeness (QED) is 0.382. The Bertz CT molecular complexity index is 315. The van der Waals surface area contributed by atoms with Gasteiger partial charge in [0.15, 0.2) is 8.32 Å². The fraction of sp³-hybridized carbons (Fsp3) is 0.600. The van der Waals surface area contributed by atoms with Crippen molar-refractivity contribution in [2.75, 3.05) is 0 Å². The van der Waals surface area contributed by atoms with Gasteiger partial charge in [0.1, 0.15) is 0 Å². The average molecular weight is 250 g/mol. The second kappa shape index (κ2) is 6.23. The van der Waals surface area contributed by atoms with E-state index in [1.54, 1.807) is 6.08 Å². The number of hydrogen-bond acceptors (Lipinski definition) is 1. The maximum absolute atomic E-state index is 6.33. The zero-order chi connectivity index (χ0) is 13.7. The predicted molar refractivity (Wildman–Crippen MR) is 79.5 cm³/mol. The van der Waals surface area contributed by atoms with E-state index >= 15 is 0 Å². The SMILES string of the molecule is C#CCCC(O[Si](C)(C)C(C)(C)C)C(=C)C=C. The van der Waals surface area contributed by atoms with E-state index in [-0.39, 0.29) is 11.1 Å². The summed E-state index contributed by atoms with van der Waals surface area (Å²) in [5.74, 6) is 2.66. The molecule has 0 N–H and O–H groups in total. The van der Waals surface area contributed by atoms with Crippen molar-refractivity contribution < 1.29 is 4.43 Å². The first kappa shape index (κ1) is 16.2. The molecule has 0 spiro atoms. The summed E-state index contributed by atoms with van der Waals surface area (Å²) in [5.41, 5.74) is 0.935. The van der Waals surface area contributed by atoms with Gasteiger partial charge in [0, 0.05) is 6.42 Å². The molecule has 0 amide bonds. The van der Waals surface area contributed by atoms with Crippen LogP contribution in [0.3, 0.4) is 0 Å². The molecule has 0 aromatic rings. The summed E-state index contributed by atoms with van der Waals surface area (Å²) >= 11 is 0. The molecule has 17 heavy (non-hydrogen) atoms.